The first-order valence-corrected chi connectivity index (χ1v) is 7.25. The summed E-state index contributed by atoms with van der Waals surface area (Å²) < 4.78 is 11.3. The number of methoxy groups -OCH3 is 1. The lowest BCUT2D eigenvalue weighted by molar-refractivity contribution is -0.155. The second kappa shape index (κ2) is 4.80. The van der Waals surface area contributed by atoms with Crippen LogP contribution in [0, 0.1) is 5.92 Å². The van der Waals surface area contributed by atoms with Gasteiger partial charge in [0.1, 0.15) is 5.92 Å². The highest BCUT2D eigenvalue weighted by Gasteiger charge is 2.56. The van der Waals surface area contributed by atoms with E-state index in [-0.39, 0.29) is 27.5 Å². The Hall–Kier alpha value is 0.160. The van der Waals surface area contributed by atoms with Gasteiger partial charge in [-0.05, 0) is 19.8 Å². The average molecular weight is 338 g/mol. The lowest BCUT2D eigenvalue weighted by atomic mass is 9.75. The Morgan fingerprint density at radius 3 is 2.56 bits per heavy atom. The molecule has 0 N–H and O–H groups in total. The van der Waals surface area contributed by atoms with Gasteiger partial charge in [-0.2, -0.15) is 0 Å². The number of carbonyl (C=O) groups excluding carboxylic acids is 1. The topological polar surface area (TPSA) is 35.5 Å². The van der Waals surface area contributed by atoms with E-state index < -0.39 is 0 Å². The molecule has 0 amide bonds. The predicted octanol–water partition coefficient (Wildman–Crippen LogP) is 2.70. The standard InChI is InChI=1S/C12H19IO3/c1-8-10(13)9(11(14)15-2)12(16-8)6-4-3-5-7-12/h8-10H,3-7H2,1-2H3/t8-,9-,10-/m1/s1. The van der Waals surface area contributed by atoms with Crippen LogP contribution in [-0.4, -0.2) is 28.7 Å². The number of rotatable bonds is 1. The average Bonchev–Trinajstić information content (AvgIpc) is 2.51. The highest BCUT2D eigenvalue weighted by molar-refractivity contribution is 14.1. The van der Waals surface area contributed by atoms with E-state index in [0.29, 0.717) is 0 Å². The van der Waals surface area contributed by atoms with Gasteiger partial charge in [0.2, 0.25) is 0 Å². The molecular formula is C12H19IO3. The molecule has 0 radical (unpaired) electrons. The molecule has 3 nitrogen and oxygen atoms in total. The zero-order valence-corrected chi connectivity index (χ0v) is 12.0. The molecule has 2 rings (SSSR count). The molecule has 0 aromatic rings. The summed E-state index contributed by atoms with van der Waals surface area (Å²) in [6.07, 6.45) is 5.78. The molecule has 0 unspecified atom stereocenters. The van der Waals surface area contributed by atoms with Gasteiger partial charge in [0.15, 0.2) is 0 Å². The first-order chi connectivity index (χ1) is 7.60. The van der Waals surface area contributed by atoms with E-state index in [1.165, 1.54) is 26.4 Å². The Balaban J connectivity index is 2.24. The van der Waals surface area contributed by atoms with E-state index in [2.05, 4.69) is 29.5 Å². The minimum atomic E-state index is -0.226. The number of halogens is 1. The molecule has 16 heavy (non-hydrogen) atoms. The highest BCUT2D eigenvalue weighted by atomic mass is 127. The minimum absolute atomic E-state index is 0.0756. The van der Waals surface area contributed by atoms with Crippen LogP contribution in [0.3, 0.4) is 0 Å². The lowest BCUT2D eigenvalue weighted by Gasteiger charge is -2.36. The zero-order valence-electron chi connectivity index (χ0n) is 9.87. The third-order valence-corrected chi connectivity index (χ3v) is 5.64. The summed E-state index contributed by atoms with van der Waals surface area (Å²) in [5, 5.41) is 0. The van der Waals surface area contributed by atoms with Crippen LogP contribution in [0.4, 0.5) is 0 Å². The number of carbonyl (C=O) groups is 1. The summed E-state index contributed by atoms with van der Waals surface area (Å²) in [5.74, 6) is -0.168. The molecule has 2 fully saturated rings. The van der Waals surface area contributed by atoms with Crippen molar-refractivity contribution >= 4 is 28.6 Å². The molecular weight excluding hydrogens is 319 g/mol. The predicted molar refractivity (Wildman–Crippen MR) is 69.7 cm³/mol. The summed E-state index contributed by atoms with van der Waals surface area (Å²) in [6, 6.07) is 0. The van der Waals surface area contributed by atoms with Gasteiger partial charge >= 0.3 is 5.97 Å². The molecule has 1 aliphatic carbocycles. The monoisotopic (exact) mass is 338 g/mol. The number of hydrogen-bond donors (Lipinski definition) is 0. The Bertz CT molecular complexity index is 273. The molecule has 1 saturated heterocycles. The van der Waals surface area contributed by atoms with E-state index in [0.717, 1.165) is 12.8 Å². The van der Waals surface area contributed by atoms with Crippen LogP contribution in [-0.2, 0) is 14.3 Å². The van der Waals surface area contributed by atoms with Gasteiger partial charge in [0.25, 0.3) is 0 Å². The van der Waals surface area contributed by atoms with Crippen molar-refractivity contribution in [1.82, 2.24) is 0 Å². The molecule has 0 aromatic heterocycles. The quantitative estimate of drug-likeness (QED) is 0.419. The van der Waals surface area contributed by atoms with Gasteiger partial charge in [-0.15, -0.1) is 0 Å². The molecule has 1 spiro atoms. The van der Waals surface area contributed by atoms with Crippen molar-refractivity contribution in [3.05, 3.63) is 0 Å². The molecule has 1 heterocycles. The summed E-state index contributed by atoms with van der Waals surface area (Å²) in [7, 11) is 1.48. The zero-order chi connectivity index (χ0) is 11.8. The molecule has 3 atom stereocenters. The van der Waals surface area contributed by atoms with Crippen molar-refractivity contribution in [3.8, 4) is 0 Å². The Labute approximate surface area is 110 Å². The van der Waals surface area contributed by atoms with Crippen molar-refractivity contribution in [2.45, 2.75) is 54.7 Å². The molecule has 0 aromatic carbocycles. The largest absolute Gasteiger partial charge is 0.469 e. The van der Waals surface area contributed by atoms with Gasteiger partial charge in [0, 0.05) is 0 Å². The van der Waals surface area contributed by atoms with E-state index in [1.807, 2.05) is 0 Å². The second-order valence-corrected chi connectivity index (χ2v) is 6.33. The lowest BCUT2D eigenvalue weighted by Crippen LogP contribution is -2.44. The summed E-state index contributed by atoms with van der Waals surface area (Å²) in [6.45, 7) is 2.07. The van der Waals surface area contributed by atoms with Gasteiger partial charge in [-0.1, -0.05) is 41.9 Å². The summed E-state index contributed by atoms with van der Waals surface area (Å²) in [5.41, 5.74) is -0.226. The third kappa shape index (κ3) is 1.98. The Kier molecular flexibility index (Phi) is 3.79. The summed E-state index contributed by atoms with van der Waals surface area (Å²) >= 11 is 2.35. The van der Waals surface area contributed by atoms with Crippen molar-refractivity contribution < 1.29 is 14.3 Å². The number of esters is 1. The van der Waals surface area contributed by atoms with Crippen molar-refractivity contribution in [2.75, 3.05) is 7.11 Å². The maximum absolute atomic E-state index is 11.9. The first kappa shape index (κ1) is 12.6. The van der Waals surface area contributed by atoms with Crippen LogP contribution < -0.4 is 0 Å². The van der Waals surface area contributed by atoms with Crippen molar-refractivity contribution in [2.24, 2.45) is 5.92 Å². The van der Waals surface area contributed by atoms with Crippen molar-refractivity contribution in [1.29, 1.82) is 0 Å². The molecule has 1 saturated carbocycles. The SMILES string of the molecule is COC(=O)[C@H]1[C@H](I)[C@@H](C)OC12CCCCC2. The maximum atomic E-state index is 11.9. The van der Waals surface area contributed by atoms with Crippen LogP contribution in [0.25, 0.3) is 0 Å². The Morgan fingerprint density at radius 1 is 1.38 bits per heavy atom. The first-order valence-electron chi connectivity index (χ1n) is 6.00. The molecule has 92 valence electrons. The van der Waals surface area contributed by atoms with E-state index in [9.17, 15) is 4.79 Å². The van der Waals surface area contributed by atoms with E-state index in [1.54, 1.807) is 0 Å². The molecule has 1 aliphatic heterocycles. The fourth-order valence-corrected chi connectivity index (χ4v) is 4.22. The number of ether oxygens (including phenoxy) is 2. The molecule has 4 heteroatoms. The fourth-order valence-electron chi connectivity index (χ4n) is 3.12. The summed E-state index contributed by atoms with van der Waals surface area (Å²) in [4.78, 5) is 11.9. The van der Waals surface area contributed by atoms with Crippen LogP contribution >= 0.6 is 22.6 Å². The van der Waals surface area contributed by atoms with Crippen LogP contribution in [0.5, 0.6) is 0 Å². The van der Waals surface area contributed by atoms with Crippen LogP contribution in [0.15, 0.2) is 0 Å². The minimum Gasteiger partial charge on any atom is -0.469 e. The van der Waals surface area contributed by atoms with Gasteiger partial charge in [-0.3, -0.25) is 4.79 Å². The molecule has 0 bridgehead atoms. The normalized spacial score (nSPS) is 37.6. The number of alkyl halides is 1. The van der Waals surface area contributed by atoms with Crippen LogP contribution in [0.1, 0.15) is 39.0 Å². The van der Waals surface area contributed by atoms with Crippen molar-refractivity contribution in [3.63, 3.8) is 0 Å². The smallest absolute Gasteiger partial charge is 0.312 e. The molecule has 2 aliphatic rings. The Morgan fingerprint density at radius 2 is 2.00 bits per heavy atom. The fraction of sp³-hybridized carbons (Fsp3) is 0.917. The van der Waals surface area contributed by atoms with E-state index >= 15 is 0 Å². The van der Waals surface area contributed by atoms with Gasteiger partial charge in [-0.25, -0.2) is 0 Å². The maximum Gasteiger partial charge on any atom is 0.312 e. The van der Waals surface area contributed by atoms with E-state index in [4.69, 9.17) is 9.47 Å². The number of hydrogen-bond acceptors (Lipinski definition) is 3. The van der Waals surface area contributed by atoms with Gasteiger partial charge < -0.3 is 9.47 Å². The second-order valence-electron chi connectivity index (χ2n) is 4.89. The van der Waals surface area contributed by atoms with Gasteiger partial charge in [0.05, 0.1) is 22.7 Å². The van der Waals surface area contributed by atoms with Crippen LogP contribution in [0.2, 0.25) is 0 Å². The third-order valence-electron chi connectivity index (χ3n) is 3.91. The highest BCUT2D eigenvalue weighted by Crippen LogP contribution is 2.49.